The number of nitrogens with zero attached hydrogens (tertiary/aromatic N) is 2. The predicted molar refractivity (Wildman–Crippen MR) is 109 cm³/mol. The standard InChI is InChI=1S/C22H12ClFN2O2S/c23-16-9-7-15(8-10-16)21-18-5-2-6-19(24)22(18)26-13-20(21)29(27,28)17-4-1-3-14(11-17)12-25/h1-11,13H. The lowest BCUT2D eigenvalue weighted by atomic mass is 10.0. The quantitative estimate of drug-likeness (QED) is 0.443. The Kier molecular flexibility index (Phi) is 4.79. The molecule has 0 N–H and O–H groups in total. The van der Waals surface area contributed by atoms with E-state index in [0.717, 1.165) is 6.20 Å². The summed E-state index contributed by atoms with van der Waals surface area (Å²) in [6.07, 6.45) is 1.16. The minimum atomic E-state index is -4.03. The van der Waals surface area contributed by atoms with E-state index in [4.69, 9.17) is 16.9 Å². The van der Waals surface area contributed by atoms with Gasteiger partial charge in [-0.05, 0) is 42.0 Å². The van der Waals surface area contributed by atoms with Gasteiger partial charge >= 0.3 is 0 Å². The Morgan fingerprint density at radius 3 is 2.45 bits per heavy atom. The molecule has 0 fully saturated rings. The van der Waals surface area contributed by atoms with E-state index in [9.17, 15) is 12.8 Å². The normalized spacial score (nSPS) is 11.3. The van der Waals surface area contributed by atoms with Crippen LogP contribution < -0.4 is 0 Å². The third kappa shape index (κ3) is 3.35. The van der Waals surface area contributed by atoms with Gasteiger partial charge in [-0.3, -0.25) is 4.98 Å². The van der Waals surface area contributed by atoms with Gasteiger partial charge in [-0.1, -0.05) is 41.9 Å². The highest BCUT2D eigenvalue weighted by atomic mass is 35.5. The number of benzene rings is 3. The Bertz CT molecular complexity index is 1400. The maximum Gasteiger partial charge on any atom is 0.208 e. The number of hydrogen-bond acceptors (Lipinski definition) is 4. The van der Waals surface area contributed by atoms with Crippen molar-refractivity contribution in [2.45, 2.75) is 9.79 Å². The topological polar surface area (TPSA) is 70.8 Å². The smallest absolute Gasteiger partial charge is 0.208 e. The molecule has 142 valence electrons. The molecule has 0 atom stereocenters. The Balaban J connectivity index is 2.08. The Morgan fingerprint density at radius 2 is 1.72 bits per heavy atom. The molecule has 0 radical (unpaired) electrons. The summed E-state index contributed by atoms with van der Waals surface area (Å²) in [6, 6.07) is 18.7. The maximum absolute atomic E-state index is 14.3. The molecule has 0 unspecified atom stereocenters. The van der Waals surface area contributed by atoms with E-state index in [1.54, 1.807) is 30.3 Å². The molecule has 7 heteroatoms. The van der Waals surface area contributed by atoms with Gasteiger partial charge in [-0.15, -0.1) is 0 Å². The number of rotatable bonds is 3. The molecule has 0 amide bonds. The second-order valence-electron chi connectivity index (χ2n) is 6.28. The second-order valence-corrected chi connectivity index (χ2v) is 8.64. The SMILES string of the molecule is N#Cc1cccc(S(=O)(=O)c2cnc3c(F)cccc3c2-c2ccc(Cl)cc2)c1. The van der Waals surface area contributed by atoms with Gasteiger partial charge in [0, 0.05) is 22.2 Å². The first-order valence-corrected chi connectivity index (χ1v) is 10.4. The average molecular weight is 423 g/mol. The van der Waals surface area contributed by atoms with Crippen LogP contribution >= 0.6 is 11.6 Å². The molecule has 1 heterocycles. The van der Waals surface area contributed by atoms with E-state index >= 15 is 0 Å². The molecule has 29 heavy (non-hydrogen) atoms. The average Bonchev–Trinajstić information content (AvgIpc) is 2.74. The molecule has 1 aromatic heterocycles. The lowest BCUT2D eigenvalue weighted by Crippen LogP contribution is -2.06. The second kappa shape index (κ2) is 7.28. The highest BCUT2D eigenvalue weighted by molar-refractivity contribution is 7.91. The van der Waals surface area contributed by atoms with Crippen LogP contribution in [0.1, 0.15) is 5.56 Å². The zero-order valence-corrected chi connectivity index (χ0v) is 16.4. The third-order valence-electron chi connectivity index (χ3n) is 4.51. The first-order chi connectivity index (χ1) is 13.9. The van der Waals surface area contributed by atoms with Crippen LogP contribution in [0.25, 0.3) is 22.0 Å². The molecular weight excluding hydrogens is 411 g/mol. The zero-order valence-electron chi connectivity index (χ0n) is 14.8. The van der Waals surface area contributed by atoms with Crippen molar-refractivity contribution in [3.05, 3.63) is 89.3 Å². The van der Waals surface area contributed by atoms with Crippen LogP contribution in [-0.4, -0.2) is 13.4 Å². The van der Waals surface area contributed by atoms with Gasteiger partial charge in [0.2, 0.25) is 9.84 Å². The minimum absolute atomic E-state index is 0.0377. The number of hydrogen-bond donors (Lipinski definition) is 0. The molecule has 0 saturated heterocycles. The van der Waals surface area contributed by atoms with Crippen molar-refractivity contribution >= 4 is 32.3 Å². The molecule has 4 aromatic rings. The number of sulfone groups is 1. The molecule has 0 aliphatic carbocycles. The highest BCUT2D eigenvalue weighted by Gasteiger charge is 2.25. The Labute approximate surface area is 171 Å². The molecule has 0 aliphatic rings. The van der Waals surface area contributed by atoms with Crippen LogP contribution in [0.4, 0.5) is 4.39 Å². The van der Waals surface area contributed by atoms with Crippen LogP contribution in [0.5, 0.6) is 0 Å². The number of nitriles is 1. The van der Waals surface area contributed by atoms with Crippen LogP contribution in [0.3, 0.4) is 0 Å². The summed E-state index contributed by atoms with van der Waals surface area (Å²) >= 11 is 5.98. The summed E-state index contributed by atoms with van der Waals surface area (Å²) in [5, 5.41) is 9.97. The summed E-state index contributed by atoms with van der Waals surface area (Å²) < 4.78 is 41.2. The largest absolute Gasteiger partial charge is 0.252 e. The lowest BCUT2D eigenvalue weighted by Gasteiger charge is -2.14. The van der Waals surface area contributed by atoms with Crippen molar-refractivity contribution in [3.63, 3.8) is 0 Å². The van der Waals surface area contributed by atoms with Crippen molar-refractivity contribution < 1.29 is 12.8 Å². The van der Waals surface area contributed by atoms with Gasteiger partial charge in [0.1, 0.15) is 11.3 Å². The first-order valence-electron chi connectivity index (χ1n) is 8.50. The summed E-state index contributed by atoms with van der Waals surface area (Å²) in [6.45, 7) is 0. The summed E-state index contributed by atoms with van der Waals surface area (Å²) in [5.41, 5.74) is 1.18. The van der Waals surface area contributed by atoms with Gasteiger partial charge in [0.25, 0.3) is 0 Å². The van der Waals surface area contributed by atoms with Crippen molar-refractivity contribution in [1.29, 1.82) is 5.26 Å². The Hall–Kier alpha value is -3.27. The van der Waals surface area contributed by atoms with Gasteiger partial charge in [0.15, 0.2) is 0 Å². The minimum Gasteiger partial charge on any atom is -0.252 e. The third-order valence-corrected chi connectivity index (χ3v) is 6.52. The van der Waals surface area contributed by atoms with E-state index < -0.39 is 15.7 Å². The fourth-order valence-electron chi connectivity index (χ4n) is 3.15. The van der Waals surface area contributed by atoms with Crippen LogP contribution in [0, 0.1) is 17.1 Å². The summed E-state index contributed by atoms with van der Waals surface area (Å²) in [5.74, 6) is -0.548. The van der Waals surface area contributed by atoms with Crippen molar-refractivity contribution in [3.8, 4) is 17.2 Å². The van der Waals surface area contributed by atoms with Crippen molar-refractivity contribution in [2.75, 3.05) is 0 Å². The molecule has 0 spiro atoms. The van der Waals surface area contributed by atoms with Gasteiger partial charge in [-0.2, -0.15) is 5.26 Å². The predicted octanol–water partition coefficient (Wildman–Crippen LogP) is 5.40. The summed E-state index contributed by atoms with van der Waals surface area (Å²) in [4.78, 5) is 3.96. The lowest BCUT2D eigenvalue weighted by molar-refractivity contribution is 0.596. The molecule has 3 aromatic carbocycles. The monoisotopic (exact) mass is 422 g/mol. The van der Waals surface area contributed by atoms with Crippen LogP contribution in [0.2, 0.25) is 5.02 Å². The van der Waals surface area contributed by atoms with E-state index in [0.29, 0.717) is 21.5 Å². The van der Waals surface area contributed by atoms with E-state index in [1.807, 2.05) is 6.07 Å². The molecular formula is C22H12ClFN2O2S. The van der Waals surface area contributed by atoms with E-state index in [2.05, 4.69) is 4.98 Å². The van der Waals surface area contributed by atoms with Crippen molar-refractivity contribution in [2.24, 2.45) is 0 Å². The van der Waals surface area contributed by atoms with Gasteiger partial charge < -0.3 is 0 Å². The Morgan fingerprint density at radius 1 is 1.00 bits per heavy atom. The molecule has 4 rings (SSSR count). The number of halogens is 2. The molecule has 4 nitrogen and oxygen atoms in total. The van der Waals surface area contributed by atoms with Crippen molar-refractivity contribution in [1.82, 2.24) is 4.98 Å². The first kappa shape index (κ1) is 19.1. The van der Waals surface area contributed by atoms with Gasteiger partial charge in [0.05, 0.1) is 21.4 Å². The number of para-hydroxylation sites is 1. The van der Waals surface area contributed by atoms with Crippen LogP contribution in [0.15, 0.2) is 82.7 Å². The number of pyridine rings is 1. The number of fused-ring (bicyclic) bond motifs is 1. The van der Waals surface area contributed by atoms with Gasteiger partial charge in [-0.25, -0.2) is 12.8 Å². The zero-order chi connectivity index (χ0) is 20.6. The molecule has 0 aliphatic heterocycles. The maximum atomic E-state index is 14.3. The highest BCUT2D eigenvalue weighted by Crippen LogP contribution is 2.37. The van der Waals surface area contributed by atoms with Crippen LogP contribution in [-0.2, 0) is 9.84 Å². The van der Waals surface area contributed by atoms with E-state index in [1.165, 1.54) is 36.4 Å². The summed E-state index contributed by atoms with van der Waals surface area (Å²) in [7, 11) is -4.03. The molecule has 0 saturated carbocycles. The van der Waals surface area contributed by atoms with E-state index in [-0.39, 0.29) is 20.9 Å². The fourth-order valence-corrected chi connectivity index (χ4v) is 4.75. The fraction of sp³-hybridized carbons (Fsp3) is 0. The number of aromatic nitrogens is 1. The molecule has 0 bridgehead atoms.